The van der Waals surface area contributed by atoms with E-state index in [1.807, 2.05) is 24.3 Å². The Morgan fingerprint density at radius 2 is 1.90 bits per heavy atom. The van der Waals surface area contributed by atoms with E-state index in [9.17, 15) is 9.59 Å². The fourth-order valence-corrected chi connectivity index (χ4v) is 1.75. The summed E-state index contributed by atoms with van der Waals surface area (Å²) in [6.07, 6.45) is 3.05. The van der Waals surface area contributed by atoms with Crippen LogP contribution >= 0.6 is 0 Å². The van der Waals surface area contributed by atoms with Crippen molar-refractivity contribution in [1.29, 1.82) is 0 Å². The normalized spacial score (nSPS) is 9.95. The molecule has 21 heavy (non-hydrogen) atoms. The molecule has 1 aromatic carbocycles. The first-order valence-electron chi connectivity index (χ1n) is 6.46. The molecule has 0 spiro atoms. The SMILES string of the molecule is NCc1cccc(CNC(=O)C(=O)Nc2cccnc2)c1. The van der Waals surface area contributed by atoms with Crippen LogP contribution in [0.4, 0.5) is 5.69 Å². The van der Waals surface area contributed by atoms with Crippen molar-refractivity contribution in [2.24, 2.45) is 5.73 Å². The Morgan fingerprint density at radius 3 is 2.62 bits per heavy atom. The number of aromatic nitrogens is 1. The Morgan fingerprint density at radius 1 is 1.10 bits per heavy atom. The van der Waals surface area contributed by atoms with Crippen molar-refractivity contribution in [2.75, 3.05) is 5.32 Å². The minimum Gasteiger partial charge on any atom is -0.344 e. The fourth-order valence-electron chi connectivity index (χ4n) is 1.75. The number of amides is 2. The first kappa shape index (κ1) is 14.7. The van der Waals surface area contributed by atoms with Gasteiger partial charge in [-0.25, -0.2) is 0 Å². The van der Waals surface area contributed by atoms with Crippen molar-refractivity contribution in [3.05, 3.63) is 59.9 Å². The zero-order chi connectivity index (χ0) is 15.1. The molecule has 0 fully saturated rings. The standard InChI is InChI=1S/C15H16N4O2/c16-8-11-3-1-4-12(7-11)9-18-14(20)15(21)19-13-5-2-6-17-10-13/h1-7,10H,8-9,16H2,(H,18,20)(H,19,21). The molecule has 0 aliphatic heterocycles. The Labute approximate surface area is 122 Å². The van der Waals surface area contributed by atoms with Gasteiger partial charge in [0.2, 0.25) is 0 Å². The minimum atomic E-state index is -0.724. The van der Waals surface area contributed by atoms with Gasteiger partial charge in [0.15, 0.2) is 0 Å². The van der Waals surface area contributed by atoms with E-state index in [1.54, 1.807) is 18.3 Å². The Bertz CT molecular complexity index is 629. The van der Waals surface area contributed by atoms with Crippen molar-refractivity contribution < 1.29 is 9.59 Å². The van der Waals surface area contributed by atoms with E-state index in [4.69, 9.17) is 5.73 Å². The first-order valence-corrected chi connectivity index (χ1v) is 6.46. The summed E-state index contributed by atoms with van der Waals surface area (Å²) in [6, 6.07) is 10.8. The van der Waals surface area contributed by atoms with Gasteiger partial charge in [-0.15, -0.1) is 0 Å². The molecule has 2 aromatic rings. The topological polar surface area (TPSA) is 97.1 Å². The van der Waals surface area contributed by atoms with E-state index in [2.05, 4.69) is 15.6 Å². The smallest absolute Gasteiger partial charge is 0.313 e. The maximum Gasteiger partial charge on any atom is 0.313 e. The Kier molecular flexibility index (Phi) is 5.00. The van der Waals surface area contributed by atoms with E-state index in [1.165, 1.54) is 6.20 Å². The molecular formula is C15H16N4O2. The molecule has 6 heteroatoms. The molecule has 108 valence electrons. The number of carbonyl (C=O) groups is 2. The van der Waals surface area contributed by atoms with Gasteiger partial charge in [-0.3, -0.25) is 14.6 Å². The van der Waals surface area contributed by atoms with Crippen LogP contribution in [0.25, 0.3) is 0 Å². The molecule has 2 amide bonds. The maximum atomic E-state index is 11.7. The maximum absolute atomic E-state index is 11.7. The van der Waals surface area contributed by atoms with Gasteiger partial charge < -0.3 is 16.4 Å². The molecule has 0 aliphatic rings. The van der Waals surface area contributed by atoms with Crippen molar-refractivity contribution in [2.45, 2.75) is 13.1 Å². The highest BCUT2D eigenvalue weighted by Crippen LogP contribution is 2.05. The lowest BCUT2D eigenvalue weighted by Gasteiger charge is -2.07. The van der Waals surface area contributed by atoms with E-state index in [0.29, 0.717) is 12.2 Å². The molecule has 0 saturated heterocycles. The van der Waals surface area contributed by atoms with Gasteiger partial charge >= 0.3 is 11.8 Å². The van der Waals surface area contributed by atoms with Crippen molar-refractivity contribution in [1.82, 2.24) is 10.3 Å². The molecule has 0 aliphatic carbocycles. The molecule has 6 nitrogen and oxygen atoms in total. The third-order valence-electron chi connectivity index (χ3n) is 2.81. The van der Waals surface area contributed by atoms with E-state index in [-0.39, 0.29) is 6.54 Å². The quantitative estimate of drug-likeness (QED) is 0.723. The van der Waals surface area contributed by atoms with E-state index < -0.39 is 11.8 Å². The molecule has 4 N–H and O–H groups in total. The minimum absolute atomic E-state index is 0.271. The predicted octanol–water partition coefficient (Wildman–Crippen LogP) is 0.795. The molecule has 0 radical (unpaired) electrons. The second kappa shape index (κ2) is 7.16. The number of anilines is 1. The van der Waals surface area contributed by atoms with Gasteiger partial charge in [0.05, 0.1) is 11.9 Å². The van der Waals surface area contributed by atoms with Crippen LogP contribution in [0, 0.1) is 0 Å². The summed E-state index contributed by atoms with van der Waals surface area (Å²) >= 11 is 0. The Balaban J connectivity index is 1.87. The highest BCUT2D eigenvalue weighted by Gasteiger charge is 2.13. The number of rotatable bonds is 4. The lowest BCUT2D eigenvalue weighted by atomic mass is 10.1. The average molecular weight is 284 g/mol. The number of hydrogen-bond donors (Lipinski definition) is 3. The lowest BCUT2D eigenvalue weighted by Crippen LogP contribution is -2.35. The number of nitrogens with two attached hydrogens (primary N) is 1. The lowest BCUT2D eigenvalue weighted by molar-refractivity contribution is -0.136. The van der Waals surface area contributed by atoms with Crippen molar-refractivity contribution in [3.8, 4) is 0 Å². The summed E-state index contributed by atoms with van der Waals surface area (Å²) in [5.74, 6) is -1.42. The summed E-state index contributed by atoms with van der Waals surface area (Å²) in [4.78, 5) is 27.2. The molecule has 1 aromatic heterocycles. The third-order valence-corrected chi connectivity index (χ3v) is 2.81. The fraction of sp³-hybridized carbons (Fsp3) is 0.133. The Hall–Kier alpha value is -2.73. The summed E-state index contributed by atoms with van der Waals surface area (Å²) < 4.78 is 0. The summed E-state index contributed by atoms with van der Waals surface area (Å²) in [5.41, 5.74) is 7.89. The monoisotopic (exact) mass is 284 g/mol. The second-order valence-corrected chi connectivity index (χ2v) is 4.40. The van der Waals surface area contributed by atoms with E-state index >= 15 is 0 Å². The van der Waals surface area contributed by atoms with Gasteiger partial charge in [0.1, 0.15) is 0 Å². The summed E-state index contributed by atoms with van der Waals surface area (Å²) in [7, 11) is 0. The van der Waals surface area contributed by atoms with E-state index in [0.717, 1.165) is 11.1 Å². The van der Waals surface area contributed by atoms with Crippen LogP contribution < -0.4 is 16.4 Å². The summed E-state index contributed by atoms with van der Waals surface area (Å²) in [6.45, 7) is 0.705. The van der Waals surface area contributed by atoms with Gasteiger partial charge in [-0.1, -0.05) is 24.3 Å². The number of benzene rings is 1. The van der Waals surface area contributed by atoms with Crippen LogP contribution in [0.15, 0.2) is 48.8 Å². The average Bonchev–Trinajstić information content (AvgIpc) is 2.53. The predicted molar refractivity (Wildman–Crippen MR) is 79.0 cm³/mol. The zero-order valence-electron chi connectivity index (χ0n) is 11.4. The largest absolute Gasteiger partial charge is 0.344 e. The highest BCUT2D eigenvalue weighted by molar-refractivity contribution is 6.39. The molecule has 0 bridgehead atoms. The van der Waals surface area contributed by atoms with Gasteiger partial charge in [-0.05, 0) is 23.3 Å². The zero-order valence-corrected chi connectivity index (χ0v) is 11.4. The molecule has 1 heterocycles. The molecular weight excluding hydrogens is 268 g/mol. The van der Waals surface area contributed by atoms with Crippen LogP contribution in [-0.4, -0.2) is 16.8 Å². The molecule has 0 unspecified atom stereocenters. The number of carbonyl (C=O) groups excluding carboxylic acids is 2. The highest BCUT2D eigenvalue weighted by atomic mass is 16.2. The molecule has 0 atom stereocenters. The van der Waals surface area contributed by atoms with Gasteiger partial charge in [0.25, 0.3) is 0 Å². The van der Waals surface area contributed by atoms with Crippen LogP contribution in [0.3, 0.4) is 0 Å². The van der Waals surface area contributed by atoms with Crippen LogP contribution in [0.5, 0.6) is 0 Å². The second-order valence-electron chi connectivity index (χ2n) is 4.40. The number of nitrogens with zero attached hydrogens (tertiary/aromatic N) is 1. The summed E-state index contributed by atoms with van der Waals surface area (Å²) in [5, 5.41) is 5.03. The first-order chi connectivity index (χ1) is 10.2. The number of pyridine rings is 1. The van der Waals surface area contributed by atoms with Crippen LogP contribution in [0.2, 0.25) is 0 Å². The third kappa shape index (κ3) is 4.39. The van der Waals surface area contributed by atoms with Gasteiger partial charge in [0, 0.05) is 19.3 Å². The van der Waals surface area contributed by atoms with Crippen LogP contribution in [-0.2, 0) is 22.7 Å². The van der Waals surface area contributed by atoms with Crippen molar-refractivity contribution in [3.63, 3.8) is 0 Å². The number of hydrogen-bond acceptors (Lipinski definition) is 4. The molecule has 2 rings (SSSR count). The van der Waals surface area contributed by atoms with Gasteiger partial charge in [-0.2, -0.15) is 0 Å². The van der Waals surface area contributed by atoms with Crippen LogP contribution in [0.1, 0.15) is 11.1 Å². The molecule has 0 saturated carbocycles. The number of nitrogens with one attached hydrogen (secondary N) is 2. The van der Waals surface area contributed by atoms with Crippen molar-refractivity contribution >= 4 is 17.5 Å².